The number of nitrogen functional groups attached to an aromatic ring is 1. The zero-order valence-corrected chi connectivity index (χ0v) is 15.4. The molecule has 24 heavy (non-hydrogen) atoms. The number of carbonyl (C=O) groups excluding carboxylic acids is 2. The third-order valence-electron chi connectivity index (χ3n) is 3.96. The van der Waals surface area contributed by atoms with E-state index in [1.54, 1.807) is 24.3 Å². The number of hydrogen-bond acceptors (Lipinski definition) is 5. The van der Waals surface area contributed by atoms with Crippen LogP contribution in [-0.4, -0.2) is 23.4 Å². The first-order valence-corrected chi connectivity index (χ1v) is 8.38. The Labute approximate surface area is 155 Å². The Morgan fingerprint density at radius 2 is 1.79 bits per heavy atom. The molecule has 0 aliphatic carbocycles. The summed E-state index contributed by atoms with van der Waals surface area (Å²) in [6.07, 6.45) is 0. The molecular weight excluding hydrogens is 390 g/mol. The lowest BCUT2D eigenvalue weighted by Crippen LogP contribution is -2.18. The van der Waals surface area contributed by atoms with Gasteiger partial charge in [0.05, 0.1) is 12.5 Å². The number of benzene rings is 2. The van der Waals surface area contributed by atoms with Crippen LogP contribution < -0.4 is 5.73 Å². The summed E-state index contributed by atoms with van der Waals surface area (Å²) in [4.78, 5) is 24.2. The van der Waals surface area contributed by atoms with Gasteiger partial charge in [-0.05, 0) is 29.8 Å². The molecule has 1 saturated heterocycles. The van der Waals surface area contributed by atoms with Crippen molar-refractivity contribution in [3.05, 3.63) is 65.7 Å². The maximum absolute atomic E-state index is 12.2. The van der Waals surface area contributed by atoms with E-state index in [1.165, 1.54) is 0 Å². The van der Waals surface area contributed by atoms with Crippen molar-refractivity contribution in [3.8, 4) is 0 Å². The second-order valence-corrected chi connectivity index (χ2v) is 6.47. The largest absolute Gasteiger partial charge is 0.465 e. The van der Waals surface area contributed by atoms with E-state index in [-0.39, 0.29) is 39.9 Å². The Bertz CT molecular complexity index is 706. The van der Waals surface area contributed by atoms with Crippen LogP contribution in [0.3, 0.4) is 0 Å². The normalized spacial score (nSPS) is 19.4. The SMILES string of the molecule is Br.Nc1ccc(C(=O)SCC2C(=O)OCC2c2ccccc2)cc1. The highest BCUT2D eigenvalue weighted by Crippen LogP contribution is 2.34. The minimum atomic E-state index is -0.292. The number of nitrogens with two attached hydrogens (primary N) is 1. The van der Waals surface area contributed by atoms with Crippen LogP contribution in [0.1, 0.15) is 21.8 Å². The summed E-state index contributed by atoms with van der Waals surface area (Å²) < 4.78 is 5.21. The van der Waals surface area contributed by atoms with Crippen molar-refractivity contribution in [3.63, 3.8) is 0 Å². The quantitative estimate of drug-likeness (QED) is 0.618. The molecule has 2 aromatic rings. The molecular formula is C18H18BrNO3S. The topological polar surface area (TPSA) is 69.4 Å². The summed E-state index contributed by atoms with van der Waals surface area (Å²) in [7, 11) is 0. The van der Waals surface area contributed by atoms with Crippen molar-refractivity contribution < 1.29 is 14.3 Å². The van der Waals surface area contributed by atoms with Crippen LogP contribution in [0.15, 0.2) is 54.6 Å². The number of esters is 1. The maximum Gasteiger partial charge on any atom is 0.310 e. The molecule has 6 heteroatoms. The van der Waals surface area contributed by atoms with Gasteiger partial charge < -0.3 is 10.5 Å². The molecule has 0 amide bonds. The molecule has 1 aliphatic rings. The molecule has 4 nitrogen and oxygen atoms in total. The lowest BCUT2D eigenvalue weighted by Gasteiger charge is -2.14. The van der Waals surface area contributed by atoms with Crippen LogP contribution in [0.25, 0.3) is 0 Å². The average molecular weight is 408 g/mol. The predicted molar refractivity (Wildman–Crippen MR) is 102 cm³/mol. The van der Waals surface area contributed by atoms with Gasteiger partial charge in [0.1, 0.15) is 0 Å². The Hall–Kier alpha value is -1.79. The van der Waals surface area contributed by atoms with Gasteiger partial charge in [-0.3, -0.25) is 9.59 Å². The highest BCUT2D eigenvalue weighted by Gasteiger charge is 2.38. The highest BCUT2D eigenvalue weighted by molar-refractivity contribution is 8.93. The fourth-order valence-electron chi connectivity index (χ4n) is 2.64. The number of thioether (sulfide) groups is 1. The third kappa shape index (κ3) is 4.19. The third-order valence-corrected chi connectivity index (χ3v) is 4.99. The minimum Gasteiger partial charge on any atom is -0.465 e. The van der Waals surface area contributed by atoms with Crippen molar-refractivity contribution in [1.82, 2.24) is 0 Å². The molecule has 0 bridgehead atoms. The van der Waals surface area contributed by atoms with Crippen LogP contribution in [0.5, 0.6) is 0 Å². The lowest BCUT2D eigenvalue weighted by molar-refractivity contribution is -0.140. The van der Waals surface area contributed by atoms with E-state index in [4.69, 9.17) is 10.5 Å². The lowest BCUT2D eigenvalue weighted by atomic mass is 9.90. The van der Waals surface area contributed by atoms with Gasteiger partial charge in [-0.1, -0.05) is 42.1 Å². The Kier molecular flexibility index (Phi) is 6.45. The summed E-state index contributed by atoms with van der Waals surface area (Å²) in [6.45, 7) is 0.379. The standard InChI is InChI=1S/C18H17NO3S.BrH/c19-14-8-6-13(7-9-14)18(21)23-11-16-15(10-22-17(16)20)12-4-2-1-3-5-12;/h1-9,15-16H,10-11,19H2;1H. The first kappa shape index (κ1) is 18.5. The van der Waals surface area contributed by atoms with Crippen LogP contribution in [0, 0.1) is 5.92 Å². The average Bonchev–Trinajstić information content (AvgIpc) is 2.95. The number of halogens is 1. The van der Waals surface area contributed by atoms with Crippen LogP contribution >= 0.6 is 28.7 Å². The van der Waals surface area contributed by atoms with E-state index in [1.807, 2.05) is 30.3 Å². The molecule has 2 N–H and O–H groups in total. The van der Waals surface area contributed by atoms with Crippen molar-refractivity contribution >= 4 is 45.5 Å². The predicted octanol–water partition coefficient (Wildman–Crippen LogP) is 3.68. The molecule has 2 aromatic carbocycles. The number of hydrogen-bond donors (Lipinski definition) is 1. The number of cyclic esters (lactones) is 1. The summed E-state index contributed by atoms with van der Waals surface area (Å²) in [5, 5.41) is -0.0588. The molecule has 1 fully saturated rings. The molecule has 3 rings (SSSR count). The minimum absolute atomic E-state index is 0. The second-order valence-electron chi connectivity index (χ2n) is 5.47. The molecule has 2 atom stereocenters. The monoisotopic (exact) mass is 407 g/mol. The number of rotatable bonds is 4. The molecule has 1 heterocycles. The molecule has 0 radical (unpaired) electrons. The number of ether oxygens (including phenoxy) is 1. The van der Waals surface area contributed by atoms with Gasteiger partial charge in [0, 0.05) is 22.9 Å². The highest BCUT2D eigenvalue weighted by atomic mass is 79.9. The molecule has 0 saturated carbocycles. The molecule has 0 aromatic heterocycles. The Morgan fingerprint density at radius 1 is 1.12 bits per heavy atom. The Morgan fingerprint density at radius 3 is 2.46 bits per heavy atom. The number of anilines is 1. The molecule has 2 unspecified atom stereocenters. The van der Waals surface area contributed by atoms with E-state index in [2.05, 4.69) is 0 Å². The summed E-state index contributed by atoms with van der Waals surface area (Å²) in [5.41, 5.74) is 7.90. The summed E-state index contributed by atoms with van der Waals surface area (Å²) >= 11 is 1.15. The van der Waals surface area contributed by atoms with Gasteiger partial charge >= 0.3 is 5.97 Å². The van der Waals surface area contributed by atoms with Gasteiger partial charge in [-0.25, -0.2) is 0 Å². The number of carbonyl (C=O) groups is 2. The molecule has 1 aliphatic heterocycles. The van der Waals surface area contributed by atoms with Crippen molar-refractivity contribution in [2.45, 2.75) is 5.92 Å². The van der Waals surface area contributed by atoms with Gasteiger partial charge in [-0.2, -0.15) is 0 Å². The fourth-order valence-corrected chi connectivity index (χ4v) is 3.64. The van der Waals surface area contributed by atoms with Gasteiger partial charge in [0.2, 0.25) is 5.12 Å². The van der Waals surface area contributed by atoms with Crippen LogP contribution in [-0.2, 0) is 9.53 Å². The molecule has 126 valence electrons. The fraction of sp³-hybridized carbons (Fsp3) is 0.222. The zero-order chi connectivity index (χ0) is 16.2. The first-order chi connectivity index (χ1) is 11.1. The van der Waals surface area contributed by atoms with E-state index >= 15 is 0 Å². The molecule has 0 spiro atoms. The second kappa shape index (κ2) is 8.35. The smallest absolute Gasteiger partial charge is 0.310 e. The van der Waals surface area contributed by atoms with E-state index in [0.717, 1.165) is 17.3 Å². The summed E-state index contributed by atoms with van der Waals surface area (Å²) in [6, 6.07) is 16.6. The van der Waals surface area contributed by atoms with Crippen molar-refractivity contribution in [2.24, 2.45) is 5.92 Å². The first-order valence-electron chi connectivity index (χ1n) is 7.39. The van der Waals surface area contributed by atoms with Crippen LogP contribution in [0.4, 0.5) is 5.69 Å². The van der Waals surface area contributed by atoms with Crippen LogP contribution in [0.2, 0.25) is 0 Å². The van der Waals surface area contributed by atoms with Gasteiger partial charge in [0.15, 0.2) is 0 Å². The van der Waals surface area contributed by atoms with Gasteiger partial charge in [-0.15, -0.1) is 17.0 Å². The van der Waals surface area contributed by atoms with Gasteiger partial charge in [0.25, 0.3) is 0 Å². The van der Waals surface area contributed by atoms with Crippen molar-refractivity contribution in [1.29, 1.82) is 0 Å². The summed E-state index contributed by atoms with van der Waals surface area (Å²) in [5.74, 6) is -0.0891. The van der Waals surface area contributed by atoms with E-state index in [0.29, 0.717) is 23.6 Å². The zero-order valence-electron chi connectivity index (χ0n) is 12.9. The van der Waals surface area contributed by atoms with E-state index < -0.39 is 0 Å². The maximum atomic E-state index is 12.2. The van der Waals surface area contributed by atoms with Crippen molar-refractivity contribution in [2.75, 3.05) is 18.1 Å². The van der Waals surface area contributed by atoms with E-state index in [9.17, 15) is 9.59 Å². The Balaban J connectivity index is 0.00000208.